The fourth-order valence-electron chi connectivity index (χ4n) is 1.84. The van der Waals surface area contributed by atoms with Crippen LogP contribution in [0.3, 0.4) is 0 Å². The number of hydrogen-bond acceptors (Lipinski definition) is 5. The minimum Gasteiger partial charge on any atom is -0.329 e. The molecule has 0 aliphatic carbocycles. The summed E-state index contributed by atoms with van der Waals surface area (Å²) in [4.78, 5) is 20.4. The molecule has 0 radical (unpaired) electrons. The molecule has 1 amide bonds. The fourth-order valence-corrected chi connectivity index (χ4v) is 2.10. The number of aromatic nitrogens is 2. The second-order valence-electron chi connectivity index (χ2n) is 4.97. The molecule has 0 saturated heterocycles. The lowest BCUT2D eigenvalue weighted by Gasteiger charge is -2.20. The lowest BCUT2D eigenvalue weighted by molar-refractivity contribution is -0.182. The molecule has 0 bridgehead atoms. The van der Waals surface area contributed by atoms with Crippen LogP contribution in [-0.4, -0.2) is 33.6 Å². The Labute approximate surface area is 166 Å². The highest BCUT2D eigenvalue weighted by Gasteiger charge is 2.38. The van der Waals surface area contributed by atoms with Crippen molar-refractivity contribution in [2.24, 2.45) is 0 Å². The fraction of sp³-hybridized carbons (Fsp3) is 0.267. The summed E-state index contributed by atoms with van der Waals surface area (Å²) in [5.74, 6) is -2.44. The molecule has 1 aromatic heterocycles. The van der Waals surface area contributed by atoms with Gasteiger partial charge in [0.25, 0.3) is 5.91 Å². The Kier molecular flexibility index (Phi) is 7.49. The van der Waals surface area contributed by atoms with E-state index in [2.05, 4.69) is 14.7 Å². The lowest BCUT2D eigenvalue weighted by atomic mass is 10.1. The van der Waals surface area contributed by atoms with Crippen molar-refractivity contribution in [1.82, 2.24) is 15.2 Å². The van der Waals surface area contributed by atoms with Gasteiger partial charge in [0.1, 0.15) is 10.4 Å². The molecule has 0 N–H and O–H groups in total. The molecule has 0 saturated carbocycles. The van der Waals surface area contributed by atoms with E-state index in [1.54, 1.807) is 12.1 Å². The van der Waals surface area contributed by atoms with Crippen LogP contribution in [0, 0.1) is 0 Å². The number of nitrogens with zero attached hydrogens (tertiary/aromatic N) is 3. The smallest absolute Gasteiger partial charge is 0.329 e. The van der Waals surface area contributed by atoms with Gasteiger partial charge in [0, 0.05) is 5.56 Å². The Balaban J connectivity index is 2.09. The molecule has 146 valence electrons. The van der Waals surface area contributed by atoms with Gasteiger partial charge in [-0.1, -0.05) is 52.6 Å². The predicted octanol–water partition coefficient (Wildman–Crippen LogP) is 4.57. The summed E-state index contributed by atoms with van der Waals surface area (Å²) in [6, 6.07) is 6.11. The summed E-state index contributed by atoms with van der Waals surface area (Å²) in [7, 11) is 0. The van der Waals surface area contributed by atoms with Crippen molar-refractivity contribution in [2.75, 3.05) is 12.5 Å². The minimum atomic E-state index is -4.72. The van der Waals surface area contributed by atoms with Gasteiger partial charge < -0.3 is 4.52 Å². The van der Waals surface area contributed by atoms with Crippen LogP contribution in [-0.2, 0) is 22.4 Å². The number of rotatable bonds is 7. The molecule has 0 fully saturated rings. The molecule has 27 heavy (non-hydrogen) atoms. The number of halogens is 6. The number of benzene rings is 1. The summed E-state index contributed by atoms with van der Waals surface area (Å²) >= 11 is 16.5. The van der Waals surface area contributed by atoms with Gasteiger partial charge in [0.2, 0.25) is 5.82 Å². The topological polar surface area (TPSA) is 68.5 Å². The second-order valence-corrected chi connectivity index (χ2v) is 6.25. The molecule has 0 atom stereocenters. The molecular weight excluding hydrogens is 434 g/mol. The number of alkyl halides is 4. The summed E-state index contributed by atoms with van der Waals surface area (Å²) in [5, 5.41) is 4.32. The van der Waals surface area contributed by atoms with Gasteiger partial charge in [-0.2, -0.15) is 18.2 Å². The zero-order valence-electron chi connectivity index (χ0n) is 13.3. The standard InChI is InChI=1S/C15H11Cl3F3N3O3/c16-7-12(25)24(26-6-5-11(17)18)8-9-1-3-10(4-2-9)13-22-14(27-23-13)15(19,20)21/h1-5H,6-8H2. The van der Waals surface area contributed by atoms with E-state index in [4.69, 9.17) is 39.6 Å². The summed E-state index contributed by atoms with van der Waals surface area (Å²) < 4.78 is 41.7. The maximum atomic E-state index is 12.5. The van der Waals surface area contributed by atoms with E-state index in [1.165, 1.54) is 18.2 Å². The van der Waals surface area contributed by atoms with E-state index in [-0.39, 0.29) is 29.3 Å². The van der Waals surface area contributed by atoms with Crippen molar-refractivity contribution in [1.29, 1.82) is 0 Å². The van der Waals surface area contributed by atoms with Crippen LogP contribution in [0.1, 0.15) is 11.5 Å². The quantitative estimate of drug-likeness (QED) is 0.462. The third-order valence-corrected chi connectivity index (χ3v) is 3.60. The van der Waals surface area contributed by atoms with Gasteiger partial charge in [-0.05, 0) is 11.6 Å². The van der Waals surface area contributed by atoms with Gasteiger partial charge in [0.05, 0.1) is 13.2 Å². The molecule has 0 aliphatic rings. The Bertz CT molecular complexity index is 806. The number of amides is 1. The molecule has 2 aromatic rings. The van der Waals surface area contributed by atoms with Crippen LogP contribution >= 0.6 is 34.8 Å². The Morgan fingerprint density at radius 3 is 2.44 bits per heavy atom. The molecule has 1 aromatic carbocycles. The molecule has 6 nitrogen and oxygen atoms in total. The largest absolute Gasteiger partial charge is 0.471 e. The van der Waals surface area contributed by atoms with E-state index in [1.807, 2.05) is 0 Å². The maximum absolute atomic E-state index is 12.5. The number of carbonyl (C=O) groups excluding carboxylic acids is 1. The van der Waals surface area contributed by atoms with Crippen molar-refractivity contribution in [2.45, 2.75) is 12.7 Å². The monoisotopic (exact) mass is 443 g/mol. The van der Waals surface area contributed by atoms with E-state index in [9.17, 15) is 18.0 Å². The number of hydrogen-bond donors (Lipinski definition) is 0. The first-order valence-electron chi connectivity index (χ1n) is 7.21. The van der Waals surface area contributed by atoms with Crippen LogP contribution < -0.4 is 0 Å². The molecular formula is C15H11Cl3F3N3O3. The molecule has 0 aliphatic heterocycles. The van der Waals surface area contributed by atoms with Crippen molar-refractivity contribution in [3.63, 3.8) is 0 Å². The van der Waals surface area contributed by atoms with Crippen LogP contribution in [0.25, 0.3) is 11.4 Å². The zero-order valence-corrected chi connectivity index (χ0v) is 15.6. The van der Waals surface area contributed by atoms with Crippen molar-refractivity contribution in [3.8, 4) is 11.4 Å². The summed E-state index contributed by atoms with van der Waals surface area (Å²) in [6.45, 7) is -0.00819. The number of hydroxylamine groups is 2. The normalized spacial score (nSPS) is 11.3. The molecule has 0 unspecified atom stereocenters. The third kappa shape index (κ3) is 6.39. The zero-order chi connectivity index (χ0) is 20.0. The molecule has 12 heteroatoms. The Hall–Kier alpha value is -1.81. The Morgan fingerprint density at radius 2 is 1.93 bits per heavy atom. The second kappa shape index (κ2) is 9.41. The van der Waals surface area contributed by atoms with Gasteiger partial charge in [0.15, 0.2) is 0 Å². The van der Waals surface area contributed by atoms with Crippen LogP contribution in [0.2, 0.25) is 0 Å². The van der Waals surface area contributed by atoms with Gasteiger partial charge in [-0.15, -0.1) is 11.6 Å². The lowest BCUT2D eigenvalue weighted by Crippen LogP contribution is -2.31. The van der Waals surface area contributed by atoms with Gasteiger partial charge in [-0.3, -0.25) is 9.63 Å². The average molecular weight is 445 g/mol. The van der Waals surface area contributed by atoms with Crippen molar-refractivity contribution in [3.05, 3.63) is 46.3 Å². The third-order valence-electron chi connectivity index (χ3n) is 3.07. The van der Waals surface area contributed by atoms with Crippen LogP contribution in [0.4, 0.5) is 13.2 Å². The van der Waals surface area contributed by atoms with E-state index in [0.29, 0.717) is 11.1 Å². The molecule has 0 spiro atoms. The van der Waals surface area contributed by atoms with E-state index < -0.39 is 18.0 Å². The van der Waals surface area contributed by atoms with Crippen LogP contribution in [0.5, 0.6) is 0 Å². The average Bonchev–Trinajstić information content (AvgIpc) is 3.11. The highest BCUT2D eigenvalue weighted by Crippen LogP contribution is 2.29. The number of carbonyl (C=O) groups is 1. The predicted molar refractivity (Wildman–Crippen MR) is 91.7 cm³/mol. The summed E-state index contributed by atoms with van der Waals surface area (Å²) in [5.41, 5.74) is 0.934. The van der Waals surface area contributed by atoms with Crippen molar-refractivity contribution < 1.29 is 27.3 Å². The van der Waals surface area contributed by atoms with Gasteiger partial charge in [-0.25, -0.2) is 5.06 Å². The molecule has 2 rings (SSSR count). The molecule has 1 heterocycles. The highest BCUT2D eigenvalue weighted by molar-refractivity contribution is 6.55. The Morgan fingerprint density at radius 1 is 1.26 bits per heavy atom. The van der Waals surface area contributed by atoms with E-state index >= 15 is 0 Å². The highest BCUT2D eigenvalue weighted by atomic mass is 35.5. The maximum Gasteiger partial charge on any atom is 0.471 e. The van der Waals surface area contributed by atoms with Gasteiger partial charge >= 0.3 is 12.1 Å². The first-order valence-corrected chi connectivity index (χ1v) is 8.50. The first kappa shape index (κ1) is 21.5. The van der Waals surface area contributed by atoms with Crippen LogP contribution in [0.15, 0.2) is 39.4 Å². The summed E-state index contributed by atoms with van der Waals surface area (Å²) in [6.07, 6.45) is -3.37. The minimum absolute atomic E-state index is 0.0176. The SMILES string of the molecule is O=C(CCl)N(Cc1ccc(-c2noc(C(F)(F)F)n2)cc1)OCC=C(Cl)Cl. The van der Waals surface area contributed by atoms with E-state index in [0.717, 1.165) is 5.06 Å². The van der Waals surface area contributed by atoms with Crippen molar-refractivity contribution >= 4 is 40.7 Å². The first-order chi connectivity index (χ1) is 12.7.